The highest BCUT2D eigenvalue weighted by Gasteiger charge is 2.22. The molecule has 0 aliphatic carbocycles. The molecule has 1 aliphatic heterocycles. The standard InChI is InChI=1S/C21H26N2O5/c1-26-18-12-16(13-19(27-2)21(18)25)14-22-8-10-23(11-9-22)20(24)15-28-17-6-4-3-5-7-17/h3-7,12-13,25H,8-11,14-15H2,1-2H3. The van der Waals surface area contributed by atoms with E-state index in [-0.39, 0.29) is 18.3 Å². The van der Waals surface area contributed by atoms with Crippen LogP contribution in [0.2, 0.25) is 0 Å². The monoisotopic (exact) mass is 386 g/mol. The second kappa shape index (κ2) is 9.32. The van der Waals surface area contributed by atoms with Crippen LogP contribution in [0.1, 0.15) is 5.56 Å². The number of piperazine rings is 1. The summed E-state index contributed by atoms with van der Waals surface area (Å²) in [5, 5.41) is 10.0. The lowest BCUT2D eigenvalue weighted by molar-refractivity contribution is -0.135. The number of benzene rings is 2. The van der Waals surface area contributed by atoms with Crippen LogP contribution in [0.4, 0.5) is 0 Å². The summed E-state index contributed by atoms with van der Waals surface area (Å²) in [4.78, 5) is 16.5. The second-order valence-corrected chi connectivity index (χ2v) is 6.61. The summed E-state index contributed by atoms with van der Waals surface area (Å²) in [5.74, 6) is 1.48. The number of phenols is 1. The van der Waals surface area contributed by atoms with Gasteiger partial charge in [-0.2, -0.15) is 0 Å². The molecule has 0 bridgehead atoms. The predicted octanol–water partition coefficient (Wildman–Crippen LogP) is 2.13. The number of ether oxygens (including phenoxy) is 3. The van der Waals surface area contributed by atoms with Crippen molar-refractivity contribution in [2.75, 3.05) is 47.0 Å². The Morgan fingerprint density at radius 1 is 1.00 bits per heavy atom. The molecule has 7 heteroatoms. The molecule has 3 rings (SSSR count). The zero-order valence-electron chi connectivity index (χ0n) is 16.3. The summed E-state index contributed by atoms with van der Waals surface area (Å²) in [5.41, 5.74) is 0.985. The molecule has 1 saturated heterocycles. The average molecular weight is 386 g/mol. The first-order valence-corrected chi connectivity index (χ1v) is 9.22. The second-order valence-electron chi connectivity index (χ2n) is 6.61. The Morgan fingerprint density at radius 3 is 2.18 bits per heavy atom. The van der Waals surface area contributed by atoms with Crippen LogP contribution < -0.4 is 14.2 Å². The number of carbonyl (C=O) groups is 1. The lowest BCUT2D eigenvalue weighted by Crippen LogP contribution is -2.49. The topological polar surface area (TPSA) is 71.5 Å². The van der Waals surface area contributed by atoms with Crippen LogP contribution in [0, 0.1) is 0 Å². The van der Waals surface area contributed by atoms with Crippen LogP contribution in [0.3, 0.4) is 0 Å². The number of methoxy groups -OCH3 is 2. The predicted molar refractivity (Wildman–Crippen MR) is 105 cm³/mol. The third-order valence-electron chi connectivity index (χ3n) is 4.78. The van der Waals surface area contributed by atoms with Gasteiger partial charge in [0.2, 0.25) is 5.75 Å². The minimum atomic E-state index is -0.00326. The quantitative estimate of drug-likeness (QED) is 0.786. The van der Waals surface area contributed by atoms with Gasteiger partial charge in [0.1, 0.15) is 5.75 Å². The van der Waals surface area contributed by atoms with Crippen molar-refractivity contribution >= 4 is 5.91 Å². The van der Waals surface area contributed by atoms with Crippen molar-refractivity contribution in [3.05, 3.63) is 48.0 Å². The van der Waals surface area contributed by atoms with Gasteiger partial charge in [-0.1, -0.05) is 18.2 Å². The number of rotatable bonds is 7. The molecule has 1 N–H and O–H groups in total. The number of aromatic hydroxyl groups is 1. The SMILES string of the molecule is COc1cc(CN2CCN(C(=O)COc3ccccc3)CC2)cc(OC)c1O. The number of hydrogen-bond acceptors (Lipinski definition) is 6. The van der Waals surface area contributed by atoms with Crippen LogP contribution in [0.15, 0.2) is 42.5 Å². The number of nitrogens with zero attached hydrogens (tertiary/aromatic N) is 2. The first-order chi connectivity index (χ1) is 13.6. The molecule has 0 atom stereocenters. The van der Waals surface area contributed by atoms with Gasteiger partial charge < -0.3 is 24.2 Å². The smallest absolute Gasteiger partial charge is 0.260 e. The first-order valence-electron chi connectivity index (χ1n) is 9.22. The Bertz CT molecular complexity index is 764. The van der Waals surface area contributed by atoms with E-state index in [4.69, 9.17) is 14.2 Å². The molecule has 1 fully saturated rings. The molecular formula is C21H26N2O5. The van der Waals surface area contributed by atoms with Crippen LogP contribution in [0.5, 0.6) is 23.0 Å². The largest absolute Gasteiger partial charge is 0.502 e. The molecule has 1 aliphatic rings. The molecular weight excluding hydrogens is 360 g/mol. The fraction of sp³-hybridized carbons (Fsp3) is 0.381. The maximum atomic E-state index is 12.4. The normalized spacial score (nSPS) is 14.6. The van der Waals surface area contributed by atoms with Gasteiger partial charge in [-0.05, 0) is 29.8 Å². The fourth-order valence-electron chi connectivity index (χ4n) is 3.21. The minimum absolute atomic E-state index is 0.00239. The summed E-state index contributed by atoms with van der Waals surface area (Å²) in [6.45, 7) is 3.59. The molecule has 7 nitrogen and oxygen atoms in total. The lowest BCUT2D eigenvalue weighted by atomic mass is 10.1. The van der Waals surface area contributed by atoms with E-state index >= 15 is 0 Å². The highest BCUT2D eigenvalue weighted by atomic mass is 16.5. The molecule has 1 heterocycles. The fourth-order valence-corrected chi connectivity index (χ4v) is 3.21. The molecule has 1 amide bonds. The van der Waals surface area contributed by atoms with Crippen molar-refractivity contribution in [2.24, 2.45) is 0 Å². The van der Waals surface area contributed by atoms with E-state index in [1.807, 2.05) is 47.4 Å². The zero-order chi connectivity index (χ0) is 19.9. The van der Waals surface area contributed by atoms with Crippen LogP contribution in [-0.4, -0.2) is 67.8 Å². The maximum absolute atomic E-state index is 12.4. The summed E-state index contributed by atoms with van der Waals surface area (Å²) in [7, 11) is 3.03. The average Bonchev–Trinajstić information content (AvgIpc) is 2.74. The summed E-state index contributed by atoms with van der Waals surface area (Å²) < 4.78 is 16.0. The molecule has 0 spiro atoms. The van der Waals surface area contributed by atoms with Gasteiger partial charge in [0.05, 0.1) is 14.2 Å². The van der Waals surface area contributed by atoms with E-state index in [0.717, 1.165) is 18.7 Å². The van der Waals surface area contributed by atoms with Gasteiger partial charge in [0.15, 0.2) is 18.1 Å². The Labute approximate surface area is 165 Å². The maximum Gasteiger partial charge on any atom is 0.260 e. The van der Waals surface area contributed by atoms with E-state index in [9.17, 15) is 9.90 Å². The van der Waals surface area contributed by atoms with Gasteiger partial charge in [-0.15, -0.1) is 0 Å². The Balaban J connectivity index is 1.51. The van der Waals surface area contributed by atoms with Gasteiger partial charge in [0.25, 0.3) is 5.91 Å². The van der Waals surface area contributed by atoms with E-state index in [1.54, 1.807) is 0 Å². The van der Waals surface area contributed by atoms with E-state index in [1.165, 1.54) is 14.2 Å². The number of para-hydroxylation sites is 1. The molecule has 0 saturated carbocycles. The Kier molecular flexibility index (Phi) is 6.60. The molecule has 0 radical (unpaired) electrons. The van der Waals surface area contributed by atoms with E-state index in [0.29, 0.717) is 36.9 Å². The highest BCUT2D eigenvalue weighted by Crippen LogP contribution is 2.37. The van der Waals surface area contributed by atoms with E-state index < -0.39 is 0 Å². The minimum Gasteiger partial charge on any atom is -0.502 e. The van der Waals surface area contributed by atoms with Crippen molar-refractivity contribution < 1.29 is 24.1 Å². The number of amides is 1. The molecule has 2 aromatic carbocycles. The molecule has 28 heavy (non-hydrogen) atoms. The van der Waals surface area contributed by atoms with Crippen LogP contribution in [0.25, 0.3) is 0 Å². The van der Waals surface area contributed by atoms with Gasteiger partial charge in [-0.25, -0.2) is 0 Å². The first kappa shape index (κ1) is 19.8. The summed E-state index contributed by atoms with van der Waals surface area (Å²) in [6, 6.07) is 13.0. The highest BCUT2D eigenvalue weighted by molar-refractivity contribution is 5.77. The molecule has 0 unspecified atom stereocenters. The van der Waals surface area contributed by atoms with Gasteiger partial charge in [0, 0.05) is 32.7 Å². The zero-order valence-corrected chi connectivity index (χ0v) is 16.3. The van der Waals surface area contributed by atoms with Crippen LogP contribution >= 0.6 is 0 Å². The number of carbonyl (C=O) groups excluding carboxylic acids is 1. The Hall–Kier alpha value is -2.93. The van der Waals surface area contributed by atoms with Gasteiger partial charge in [-0.3, -0.25) is 9.69 Å². The van der Waals surface area contributed by atoms with E-state index in [2.05, 4.69) is 4.90 Å². The Morgan fingerprint density at radius 2 is 1.61 bits per heavy atom. The molecule has 0 aromatic heterocycles. The summed E-state index contributed by atoms with van der Waals surface area (Å²) >= 11 is 0. The third kappa shape index (κ3) is 4.86. The van der Waals surface area contributed by atoms with Crippen molar-refractivity contribution in [2.45, 2.75) is 6.54 Å². The lowest BCUT2D eigenvalue weighted by Gasteiger charge is -2.34. The van der Waals surface area contributed by atoms with Crippen molar-refractivity contribution in [3.63, 3.8) is 0 Å². The number of phenolic OH excluding ortho intramolecular Hbond substituents is 1. The van der Waals surface area contributed by atoms with Crippen molar-refractivity contribution in [3.8, 4) is 23.0 Å². The third-order valence-corrected chi connectivity index (χ3v) is 4.78. The van der Waals surface area contributed by atoms with Gasteiger partial charge >= 0.3 is 0 Å². The summed E-state index contributed by atoms with van der Waals surface area (Å²) in [6.07, 6.45) is 0. The molecule has 150 valence electrons. The molecule has 2 aromatic rings. The number of hydrogen-bond donors (Lipinski definition) is 1. The van der Waals surface area contributed by atoms with Crippen LogP contribution in [-0.2, 0) is 11.3 Å². The van der Waals surface area contributed by atoms with Crippen molar-refractivity contribution in [1.82, 2.24) is 9.80 Å². The van der Waals surface area contributed by atoms with Crippen molar-refractivity contribution in [1.29, 1.82) is 0 Å².